The van der Waals surface area contributed by atoms with Gasteiger partial charge in [-0.15, -0.1) is 0 Å². The Balaban J connectivity index is 0.000000348. The van der Waals surface area contributed by atoms with Gasteiger partial charge in [-0.1, -0.05) is 32.6 Å². The summed E-state index contributed by atoms with van der Waals surface area (Å²) in [6, 6.07) is 8.46. The van der Waals surface area contributed by atoms with Crippen molar-refractivity contribution >= 4 is 18.2 Å². The average molecular weight is 615 g/mol. The second-order valence-electron chi connectivity index (χ2n) is 13.2. The van der Waals surface area contributed by atoms with E-state index in [1.54, 1.807) is 4.90 Å². The molecule has 1 aromatic carbocycles. The number of allylic oxidation sites excluding steroid dienone is 3. The molecule has 3 aliphatic carbocycles. The summed E-state index contributed by atoms with van der Waals surface area (Å²) in [6.45, 7) is 15.5. The number of nitrogens with zero attached hydrogens (tertiary/aromatic N) is 3. The van der Waals surface area contributed by atoms with Crippen LogP contribution in [0.1, 0.15) is 88.2 Å². The van der Waals surface area contributed by atoms with Crippen LogP contribution in [0.3, 0.4) is 0 Å². The standard InChI is InChI=1S/C27H40N6O.C8H10N2O/c1-6-31-17(4)15-27(26(29)32-16(2)3)23-11-9-19(18(5)33-30)13-20(23)7-8-21-14-22(25(28)34)10-12-24(21)27;1-5-7-2-6(3-9)10(4-11)8(5)7/h10,12-14,16-17,31,33H,5-9,11,15,30H2,1-4H3,(H2,28,34)(H2,29,32);4-8H,2H2,1H3/t17-,27?;/m1./s1. The van der Waals surface area contributed by atoms with Gasteiger partial charge in [-0.3, -0.25) is 20.4 Å². The van der Waals surface area contributed by atoms with Gasteiger partial charge >= 0.3 is 0 Å². The summed E-state index contributed by atoms with van der Waals surface area (Å²) in [4.78, 5) is 29.1. The summed E-state index contributed by atoms with van der Waals surface area (Å²) in [5.74, 6) is 7.12. The molecule has 5 unspecified atom stereocenters. The lowest BCUT2D eigenvalue weighted by Crippen LogP contribution is -2.49. The molecule has 1 saturated carbocycles. The summed E-state index contributed by atoms with van der Waals surface area (Å²) in [5.41, 5.74) is 21.9. The summed E-state index contributed by atoms with van der Waals surface area (Å²) in [7, 11) is 0. The van der Waals surface area contributed by atoms with Crippen LogP contribution in [0.15, 0.2) is 58.3 Å². The van der Waals surface area contributed by atoms with Gasteiger partial charge in [0.25, 0.3) is 0 Å². The van der Waals surface area contributed by atoms with Gasteiger partial charge in [0.2, 0.25) is 12.3 Å². The highest BCUT2D eigenvalue weighted by atomic mass is 16.1. The minimum atomic E-state index is -0.581. The summed E-state index contributed by atoms with van der Waals surface area (Å²) in [5, 5.41) is 12.2. The number of aryl methyl sites for hydroxylation is 1. The third-order valence-electron chi connectivity index (χ3n) is 9.95. The van der Waals surface area contributed by atoms with Crippen LogP contribution in [0.2, 0.25) is 0 Å². The first-order chi connectivity index (χ1) is 21.4. The topological polar surface area (TPSA) is 176 Å². The molecule has 10 nitrogen and oxygen atoms in total. The molecule has 10 heteroatoms. The third-order valence-corrected chi connectivity index (χ3v) is 9.95. The van der Waals surface area contributed by atoms with E-state index in [0.717, 1.165) is 73.9 Å². The fourth-order valence-electron chi connectivity index (χ4n) is 7.75. The van der Waals surface area contributed by atoms with Gasteiger partial charge in [0.1, 0.15) is 11.9 Å². The Morgan fingerprint density at radius 1 is 1.24 bits per heavy atom. The number of carbonyl (C=O) groups is 2. The molecule has 1 heterocycles. The normalized spacial score (nSPS) is 27.5. The smallest absolute Gasteiger partial charge is 0.248 e. The van der Waals surface area contributed by atoms with Crippen LogP contribution < -0.4 is 28.1 Å². The van der Waals surface area contributed by atoms with Crippen molar-refractivity contribution < 1.29 is 9.59 Å². The zero-order chi connectivity index (χ0) is 33.1. The van der Waals surface area contributed by atoms with E-state index in [0.29, 0.717) is 29.3 Å². The molecule has 0 radical (unpaired) electrons. The molecule has 45 heavy (non-hydrogen) atoms. The van der Waals surface area contributed by atoms with Crippen LogP contribution in [-0.4, -0.2) is 53.8 Å². The Hall–Kier alpha value is -3.94. The van der Waals surface area contributed by atoms with E-state index >= 15 is 0 Å². The maximum Gasteiger partial charge on any atom is 0.248 e. The first kappa shape index (κ1) is 33.9. The van der Waals surface area contributed by atoms with Crippen molar-refractivity contribution in [2.45, 2.75) is 103 Å². The van der Waals surface area contributed by atoms with Crippen LogP contribution in [-0.2, 0) is 16.6 Å². The van der Waals surface area contributed by atoms with Crippen molar-refractivity contribution in [3.8, 4) is 6.07 Å². The van der Waals surface area contributed by atoms with Gasteiger partial charge in [-0.25, -0.2) is 0 Å². The summed E-state index contributed by atoms with van der Waals surface area (Å²) in [6.07, 6.45) is 7.98. The fourth-order valence-corrected chi connectivity index (χ4v) is 7.75. The number of nitriles is 1. The second-order valence-corrected chi connectivity index (χ2v) is 13.2. The maximum absolute atomic E-state index is 12.0. The van der Waals surface area contributed by atoms with Crippen molar-refractivity contribution in [1.29, 1.82) is 5.26 Å². The number of hydrazine groups is 1. The van der Waals surface area contributed by atoms with Crippen LogP contribution in [0.5, 0.6) is 0 Å². The minimum Gasteiger partial charge on any atom is -0.386 e. The number of nitrogens with one attached hydrogen (secondary N) is 2. The molecule has 2 fully saturated rings. The Labute approximate surface area is 267 Å². The molecule has 1 saturated heterocycles. The molecule has 6 atom stereocenters. The Bertz CT molecular complexity index is 1450. The zero-order valence-corrected chi connectivity index (χ0v) is 27.4. The molecule has 242 valence electrons. The number of rotatable bonds is 10. The van der Waals surface area contributed by atoms with Gasteiger partial charge in [0.05, 0.1) is 11.5 Å². The van der Waals surface area contributed by atoms with E-state index in [4.69, 9.17) is 27.6 Å². The van der Waals surface area contributed by atoms with E-state index in [9.17, 15) is 9.59 Å². The Kier molecular flexibility index (Phi) is 10.6. The number of amidine groups is 1. The zero-order valence-electron chi connectivity index (χ0n) is 27.4. The highest BCUT2D eigenvalue weighted by Gasteiger charge is 2.58. The number of primary amides is 1. The number of amides is 2. The molecule has 2 amide bonds. The van der Waals surface area contributed by atoms with Gasteiger partial charge in [-0.2, -0.15) is 5.26 Å². The van der Waals surface area contributed by atoms with E-state index in [2.05, 4.69) is 50.2 Å². The minimum absolute atomic E-state index is 0.0582. The Morgan fingerprint density at radius 2 is 1.98 bits per heavy atom. The van der Waals surface area contributed by atoms with Crippen LogP contribution in [0.25, 0.3) is 0 Å². The molecular weight excluding hydrogens is 564 g/mol. The number of likely N-dealkylation sites (tertiary alicyclic amines) is 1. The third kappa shape index (κ3) is 6.70. The van der Waals surface area contributed by atoms with Gasteiger partial charge in [0, 0.05) is 29.4 Å². The van der Waals surface area contributed by atoms with Crippen molar-refractivity contribution in [2.24, 2.45) is 34.1 Å². The predicted octanol–water partition coefficient (Wildman–Crippen LogP) is 3.49. The monoisotopic (exact) mass is 614 g/mol. The first-order valence-corrected chi connectivity index (χ1v) is 16.1. The number of fused-ring (bicyclic) bond motifs is 2. The van der Waals surface area contributed by atoms with Crippen molar-refractivity contribution in [1.82, 2.24) is 15.6 Å². The van der Waals surface area contributed by atoms with Crippen molar-refractivity contribution in [3.05, 3.63) is 70.0 Å². The highest BCUT2D eigenvalue weighted by molar-refractivity contribution is 5.98. The number of nitrogens with two attached hydrogens (primary N) is 3. The van der Waals surface area contributed by atoms with E-state index in [1.807, 2.05) is 32.0 Å². The molecule has 8 N–H and O–H groups in total. The van der Waals surface area contributed by atoms with E-state index < -0.39 is 11.3 Å². The predicted molar refractivity (Wildman–Crippen MR) is 179 cm³/mol. The number of benzene rings is 1. The largest absolute Gasteiger partial charge is 0.386 e. The first-order valence-electron chi connectivity index (χ1n) is 16.1. The van der Waals surface area contributed by atoms with Crippen LogP contribution in [0.4, 0.5) is 0 Å². The Morgan fingerprint density at radius 3 is 2.58 bits per heavy atom. The molecule has 4 aliphatic rings. The number of carbonyl (C=O) groups excluding carboxylic acids is 2. The van der Waals surface area contributed by atoms with Crippen LogP contribution in [0, 0.1) is 23.2 Å². The molecular formula is C35H50N8O2. The number of hydrogen-bond acceptors (Lipinski definition) is 7. The van der Waals surface area contributed by atoms with Gasteiger partial charge < -0.3 is 27.1 Å². The molecule has 1 aliphatic heterocycles. The number of aliphatic imine (C=N–C) groups is 1. The SMILES string of the molecule is C=C(NN)C1=CC2=C(CC1)C(C[C@@H](C)NCC)(C(N)=NC(C)C)c1ccc(C(N)=O)cc1CC2.CC1C2CC(C#N)N(C=O)C12. The maximum atomic E-state index is 12.0. The second kappa shape index (κ2) is 14.0. The summed E-state index contributed by atoms with van der Waals surface area (Å²) >= 11 is 0. The molecule has 5 rings (SSSR count). The van der Waals surface area contributed by atoms with E-state index in [-0.39, 0.29) is 18.1 Å². The van der Waals surface area contributed by atoms with Crippen molar-refractivity contribution in [2.75, 3.05) is 6.54 Å². The number of piperidine rings is 1. The van der Waals surface area contributed by atoms with E-state index in [1.165, 1.54) is 11.1 Å². The number of hydrogen-bond donors (Lipinski definition) is 5. The lowest BCUT2D eigenvalue weighted by atomic mass is 9.64. The lowest BCUT2D eigenvalue weighted by Gasteiger charge is -2.41. The highest BCUT2D eigenvalue weighted by Crippen LogP contribution is 2.52. The van der Waals surface area contributed by atoms with Crippen molar-refractivity contribution in [3.63, 3.8) is 0 Å². The molecule has 0 aromatic heterocycles. The summed E-state index contributed by atoms with van der Waals surface area (Å²) < 4.78 is 0. The van der Waals surface area contributed by atoms with Gasteiger partial charge in [0.15, 0.2) is 0 Å². The van der Waals surface area contributed by atoms with Gasteiger partial charge in [-0.05, 0) is 118 Å². The fraction of sp³-hybridized carbons (Fsp3) is 0.543. The quantitative estimate of drug-likeness (QED) is 0.0881. The average Bonchev–Trinajstić information content (AvgIpc) is 3.51. The molecule has 0 bridgehead atoms. The molecule has 1 aromatic rings. The molecule has 0 spiro atoms. The van der Waals surface area contributed by atoms with Crippen LogP contribution >= 0.6 is 0 Å². The lowest BCUT2D eigenvalue weighted by molar-refractivity contribution is -0.119.